The molecule has 0 unspecified atom stereocenters. The molecule has 0 fully saturated rings. The molecule has 0 radical (unpaired) electrons. The molecule has 6 nitrogen and oxygen atoms in total. The summed E-state index contributed by atoms with van der Waals surface area (Å²) in [5.74, 6) is 0.389. The summed E-state index contributed by atoms with van der Waals surface area (Å²) in [4.78, 5) is 0. The molecule has 3 heterocycles. The molecule has 2 N–H and O–H groups in total. The molecule has 1 aliphatic heterocycles. The zero-order valence-electron chi connectivity index (χ0n) is 22.8. The van der Waals surface area contributed by atoms with E-state index in [1.165, 1.54) is 0 Å². The topological polar surface area (TPSA) is 76.1 Å². The minimum Gasteiger partial charge on any atom is -0.505 e. The number of phenols is 2. The van der Waals surface area contributed by atoms with Gasteiger partial charge in [0.2, 0.25) is 0 Å². The summed E-state index contributed by atoms with van der Waals surface area (Å²) >= 11 is 0. The van der Waals surface area contributed by atoms with Crippen LogP contribution in [-0.4, -0.2) is 29.8 Å². The average Bonchev–Trinajstić information content (AvgIpc) is 3.49. The Bertz CT molecular complexity index is 1360. The molecular formula is C30H36N4O2Pt. The summed E-state index contributed by atoms with van der Waals surface area (Å²) in [5, 5.41) is 33.1. The number of benzene rings is 2. The molecule has 5 rings (SSSR count). The van der Waals surface area contributed by atoms with Gasteiger partial charge in [-0.2, -0.15) is 10.2 Å². The standard InChI is InChI=1S/C30H36N4O2.Pt/c1-27(2)19-11-9-13-21(25(19)35)33-17-15-23(31-33)29(5,6)30(7,8)24-16-18-34(32-24)22-14-10-12-20(26(22)36)28(27,3)4;/h9-18,35-36H,1-8H3;. The number of rotatable bonds is 0. The van der Waals surface area contributed by atoms with E-state index in [1.54, 1.807) is 9.36 Å². The fourth-order valence-electron chi connectivity index (χ4n) is 5.34. The van der Waals surface area contributed by atoms with Crippen molar-refractivity contribution >= 4 is 0 Å². The van der Waals surface area contributed by atoms with Crippen LogP contribution in [0.3, 0.4) is 0 Å². The summed E-state index contributed by atoms with van der Waals surface area (Å²) in [7, 11) is 0. The molecular weight excluding hydrogens is 643 g/mol. The first-order valence-corrected chi connectivity index (χ1v) is 12.5. The van der Waals surface area contributed by atoms with Crippen LogP contribution in [0.1, 0.15) is 77.9 Å². The summed E-state index contributed by atoms with van der Waals surface area (Å²) in [6, 6.07) is 15.7. The van der Waals surface area contributed by atoms with Crippen LogP contribution in [0.4, 0.5) is 0 Å². The van der Waals surface area contributed by atoms with E-state index in [2.05, 4.69) is 55.4 Å². The predicted molar refractivity (Wildman–Crippen MR) is 143 cm³/mol. The van der Waals surface area contributed by atoms with Crippen LogP contribution in [0.2, 0.25) is 0 Å². The summed E-state index contributed by atoms with van der Waals surface area (Å²) < 4.78 is 3.52. The maximum absolute atomic E-state index is 11.6. The zero-order chi connectivity index (χ0) is 26.3. The van der Waals surface area contributed by atoms with Gasteiger partial charge in [-0.05, 0) is 24.3 Å². The number of hydrogen-bond acceptors (Lipinski definition) is 4. The van der Waals surface area contributed by atoms with E-state index < -0.39 is 10.8 Å². The Morgan fingerprint density at radius 1 is 0.541 bits per heavy atom. The third-order valence-electron chi connectivity index (χ3n) is 9.45. The van der Waals surface area contributed by atoms with E-state index in [0.29, 0.717) is 11.4 Å². The normalized spacial score (nSPS) is 18.6. The molecule has 0 saturated heterocycles. The fraction of sp³-hybridized carbons (Fsp3) is 0.400. The first-order chi connectivity index (χ1) is 16.7. The van der Waals surface area contributed by atoms with Crippen LogP contribution in [0.5, 0.6) is 11.5 Å². The second kappa shape index (κ2) is 8.59. The van der Waals surface area contributed by atoms with Crippen LogP contribution in [-0.2, 0) is 42.7 Å². The van der Waals surface area contributed by atoms with Gasteiger partial charge in [-0.25, -0.2) is 9.36 Å². The molecule has 4 aromatic rings. The molecule has 0 atom stereocenters. The van der Waals surface area contributed by atoms with Gasteiger partial charge < -0.3 is 10.2 Å². The van der Waals surface area contributed by atoms with Crippen molar-refractivity contribution in [1.82, 2.24) is 19.6 Å². The first kappa shape index (κ1) is 27.2. The number of nitrogens with zero attached hydrogens (tertiary/aromatic N) is 4. The molecule has 0 saturated carbocycles. The van der Waals surface area contributed by atoms with E-state index in [1.807, 2.05) is 60.9 Å². The quantitative estimate of drug-likeness (QED) is 0.229. The Morgan fingerprint density at radius 2 is 0.892 bits per heavy atom. The number of phenolic OH excluding ortho intramolecular Hbond substituents is 2. The minimum atomic E-state index is -0.549. The Balaban J connectivity index is 0.00000320. The van der Waals surface area contributed by atoms with Crippen molar-refractivity contribution in [2.24, 2.45) is 0 Å². The number of fused-ring (bicyclic) bond motifs is 10. The monoisotopic (exact) mass is 679 g/mol. The zero-order valence-corrected chi connectivity index (χ0v) is 25.0. The molecule has 7 heteroatoms. The fourth-order valence-corrected chi connectivity index (χ4v) is 5.34. The maximum atomic E-state index is 11.6. The van der Waals surface area contributed by atoms with Crippen LogP contribution in [0.15, 0.2) is 60.9 Å². The summed E-state index contributed by atoms with van der Waals surface area (Å²) in [5.41, 5.74) is 2.79. The molecule has 0 amide bonds. The van der Waals surface area contributed by atoms with Gasteiger partial charge in [0.05, 0.1) is 11.4 Å². The summed E-state index contributed by atoms with van der Waals surface area (Å²) in [6.45, 7) is 17.1. The molecule has 2 aromatic heterocycles. The van der Waals surface area contributed by atoms with Gasteiger partial charge in [-0.3, -0.25) is 0 Å². The SMILES string of the molecule is CC1(C)c2ccn(n2)-c2cccc(c2O)C(C)(C)C(C)(C)c2cccc(c2O)-n2ccc(n2)C1(C)C.[Pt]. The first-order valence-electron chi connectivity index (χ1n) is 12.5. The summed E-state index contributed by atoms with van der Waals surface area (Å²) in [6.07, 6.45) is 3.82. The third kappa shape index (κ3) is 3.71. The van der Waals surface area contributed by atoms with Crippen LogP contribution in [0.25, 0.3) is 11.4 Å². The Labute approximate surface area is 233 Å². The molecule has 0 aliphatic carbocycles. The Morgan fingerprint density at radius 3 is 1.24 bits per heavy atom. The molecule has 1 aliphatic rings. The van der Waals surface area contributed by atoms with Gasteiger partial charge in [-0.15, -0.1) is 0 Å². The molecule has 2 aromatic carbocycles. The van der Waals surface area contributed by atoms with Crippen molar-refractivity contribution in [3.05, 3.63) is 83.4 Å². The van der Waals surface area contributed by atoms with Gasteiger partial charge in [0, 0.05) is 66.2 Å². The van der Waals surface area contributed by atoms with Gasteiger partial charge >= 0.3 is 0 Å². The van der Waals surface area contributed by atoms with E-state index in [-0.39, 0.29) is 43.4 Å². The number of hydrogen-bond donors (Lipinski definition) is 2. The average molecular weight is 680 g/mol. The maximum Gasteiger partial charge on any atom is 0.145 e. The molecule has 8 bridgehead atoms. The predicted octanol–water partition coefficient (Wildman–Crippen LogP) is 6.29. The van der Waals surface area contributed by atoms with Crippen LogP contribution >= 0.6 is 0 Å². The van der Waals surface area contributed by atoms with Crippen molar-refractivity contribution in [3.8, 4) is 22.9 Å². The van der Waals surface area contributed by atoms with Crippen molar-refractivity contribution in [3.63, 3.8) is 0 Å². The van der Waals surface area contributed by atoms with Crippen LogP contribution in [0, 0.1) is 0 Å². The number of aromatic nitrogens is 4. The van der Waals surface area contributed by atoms with Crippen LogP contribution < -0.4 is 0 Å². The van der Waals surface area contributed by atoms with Crippen molar-refractivity contribution in [2.75, 3.05) is 0 Å². The number of aromatic hydroxyl groups is 2. The van der Waals surface area contributed by atoms with Gasteiger partial charge in [0.15, 0.2) is 0 Å². The smallest absolute Gasteiger partial charge is 0.145 e. The molecule has 0 spiro atoms. The number of para-hydroxylation sites is 2. The van der Waals surface area contributed by atoms with E-state index in [9.17, 15) is 10.2 Å². The van der Waals surface area contributed by atoms with Gasteiger partial charge in [-0.1, -0.05) is 79.7 Å². The van der Waals surface area contributed by atoms with Crippen molar-refractivity contribution in [1.29, 1.82) is 0 Å². The molecule has 37 heavy (non-hydrogen) atoms. The second-order valence-corrected chi connectivity index (χ2v) is 12.1. The largest absolute Gasteiger partial charge is 0.505 e. The van der Waals surface area contributed by atoms with Gasteiger partial charge in [0.1, 0.15) is 22.9 Å². The van der Waals surface area contributed by atoms with E-state index >= 15 is 0 Å². The van der Waals surface area contributed by atoms with Crippen molar-refractivity contribution < 1.29 is 31.3 Å². The second-order valence-electron chi connectivity index (χ2n) is 12.1. The Hall–Kier alpha value is -2.85. The van der Waals surface area contributed by atoms with E-state index in [4.69, 9.17) is 10.2 Å². The molecule has 198 valence electrons. The third-order valence-corrected chi connectivity index (χ3v) is 9.45. The van der Waals surface area contributed by atoms with Crippen molar-refractivity contribution in [2.45, 2.75) is 77.0 Å². The minimum absolute atomic E-state index is 0. The van der Waals surface area contributed by atoms with Gasteiger partial charge in [0.25, 0.3) is 0 Å². The Kier molecular flexibility index (Phi) is 6.31. The van der Waals surface area contributed by atoms with E-state index in [0.717, 1.165) is 22.5 Å².